The summed E-state index contributed by atoms with van der Waals surface area (Å²) >= 11 is 0. The van der Waals surface area contributed by atoms with Crippen LogP contribution in [0.3, 0.4) is 0 Å². The van der Waals surface area contributed by atoms with Gasteiger partial charge in [0.15, 0.2) is 5.78 Å². The third-order valence-electron chi connectivity index (χ3n) is 7.95. The molecule has 3 aliphatic rings. The van der Waals surface area contributed by atoms with Crippen LogP contribution in [0.25, 0.3) is 0 Å². The van der Waals surface area contributed by atoms with Crippen molar-refractivity contribution in [3.05, 3.63) is 64.0 Å². The van der Waals surface area contributed by atoms with Crippen LogP contribution in [0.1, 0.15) is 44.1 Å². The lowest BCUT2D eigenvalue weighted by Gasteiger charge is -2.44. The fourth-order valence-electron chi connectivity index (χ4n) is 6.11. The zero-order valence-corrected chi connectivity index (χ0v) is 20.0. The van der Waals surface area contributed by atoms with Gasteiger partial charge < -0.3 is 10.2 Å². The van der Waals surface area contributed by atoms with E-state index < -0.39 is 10.7 Å². The lowest BCUT2D eigenvalue weighted by molar-refractivity contribution is -0.384. The van der Waals surface area contributed by atoms with Gasteiger partial charge in [-0.05, 0) is 49.4 Å². The average Bonchev–Trinajstić information content (AvgIpc) is 2.89. The second kappa shape index (κ2) is 10.3. The van der Waals surface area contributed by atoms with E-state index in [1.807, 2.05) is 11.0 Å². The van der Waals surface area contributed by atoms with Crippen molar-refractivity contribution in [3.63, 3.8) is 0 Å². The van der Waals surface area contributed by atoms with Crippen LogP contribution in [0.15, 0.2) is 42.5 Å². The number of carbonyl (C=O) groups is 1. The number of aryl methyl sites for hydroxylation is 1. The van der Waals surface area contributed by atoms with Crippen molar-refractivity contribution in [3.8, 4) is 0 Å². The van der Waals surface area contributed by atoms with Gasteiger partial charge in [-0.3, -0.25) is 19.8 Å². The molecule has 0 spiro atoms. The summed E-state index contributed by atoms with van der Waals surface area (Å²) in [6.07, 6.45) is 7.24. The maximum atomic E-state index is 13.9. The molecule has 8 heteroatoms. The minimum Gasteiger partial charge on any atom is -0.380 e. The largest absolute Gasteiger partial charge is 0.380 e. The first-order valence-electron chi connectivity index (χ1n) is 12.8. The maximum absolute atomic E-state index is 13.9. The molecule has 2 unspecified atom stereocenters. The lowest BCUT2D eigenvalue weighted by Crippen LogP contribution is -2.60. The third-order valence-corrected chi connectivity index (χ3v) is 7.95. The number of nitrogens with zero attached hydrogens (tertiary/aromatic N) is 3. The zero-order valence-electron chi connectivity index (χ0n) is 20.0. The number of para-hydroxylation sites is 1. The van der Waals surface area contributed by atoms with Gasteiger partial charge in [0.25, 0.3) is 5.69 Å². The van der Waals surface area contributed by atoms with Crippen molar-refractivity contribution in [2.75, 3.05) is 36.4 Å². The van der Waals surface area contributed by atoms with Crippen LogP contribution in [-0.2, 0) is 11.2 Å². The van der Waals surface area contributed by atoms with Crippen LogP contribution >= 0.6 is 0 Å². The molecular weight excluding hydrogens is 447 g/mol. The van der Waals surface area contributed by atoms with Gasteiger partial charge >= 0.3 is 0 Å². The van der Waals surface area contributed by atoms with Crippen molar-refractivity contribution in [1.82, 2.24) is 4.90 Å². The van der Waals surface area contributed by atoms with E-state index in [2.05, 4.69) is 28.4 Å². The Hall–Kier alpha value is -3.00. The second-order valence-corrected chi connectivity index (χ2v) is 10.0. The van der Waals surface area contributed by atoms with Crippen LogP contribution < -0.4 is 10.2 Å². The Bertz CT molecular complexity index is 1080. The molecule has 0 aromatic heterocycles. The summed E-state index contributed by atoms with van der Waals surface area (Å²) < 4.78 is 13.6. The molecule has 7 nitrogen and oxygen atoms in total. The van der Waals surface area contributed by atoms with E-state index in [0.29, 0.717) is 37.6 Å². The fraction of sp³-hybridized carbons (Fsp3) is 0.519. The van der Waals surface area contributed by atoms with E-state index in [0.717, 1.165) is 50.3 Å². The monoisotopic (exact) mass is 480 g/mol. The predicted octanol–water partition coefficient (Wildman–Crippen LogP) is 4.80. The molecule has 2 aromatic rings. The molecule has 1 saturated carbocycles. The van der Waals surface area contributed by atoms with Gasteiger partial charge in [0.2, 0.25) is 0 Å². The Kier molecular flexibility index (Phi) is 7.00. The van der Waals surface area contributed by atoms with E-state index in [1.54, 1.807) is 0 Å². The van der Waals surface area contributed by atoms with Gasteiger partial charge in [0, 0.05) is 43.8 Å². The molecule has 1 N–H and O–H groups in total. The van der Waals surface area contributed by atoms with E-state index >= 15 is 0 Å². The molecule has 0 amide bonds. The molecule has 2 heterocycles. The number of carbonyl (C=O) groups excluding carboxylic acids is 1. The molecule has 1 aliphatic carbocycles. The van der Waals surface area contributed by atoms with Crippen LogP contribution in [0.2, 0.25) is 0 Å². The first kappa shape index (κ1) is 23.7. The molecule has 2 aliphatic heterocycles. The number of fused-ring (bicyclic) bond motifs is 1. The fourth-order valence-corrected chi connectivity index (χ4v) is 6.11. The van der Waals surface area contributed by atoms with Crippen molar-refractivity contribution >= 4 is 22.8 Å². The normalized spacial score (nSPS) is 22.2. The van der Waals surface area contributed by atoms with E-state index in [9.17, 15) is 19.3 Å². The maximum Gasteiger partial charge on any atom is 0.295 e. The number of nitro benzene ring substituents is 1. The van der Waals surface area contributed by atoms with Gasteiger partial charge in [-0.25, -0.2) is 4.39 Å². The number of ketones is 1. The van der Waals surface area contributed by atoms with Crippen LogP contribution in [-0.4, -0.2) is 53.9 Å². The van der Waals surface area contributed by atoms with E-state index in [-0.39, 0.29) is 23.7 Å². The molecule has 2 atom stereocenters. The number of Topliss-reactive ketones (excluding diaryl/α,β-unsaturated/α-hetero) is 1. The number of nitro groups is 1. The molecule has 1 saturated heterocycles. The second-order valence-electron chi connectivity index (χ2n) is 10.0. The first-order chi connectivity index (χ1) is 17.0. The van der Waals surface area contributed by atoms with Gasteiger partial charge in [0.05, 0.1) is 17.0 Å². The standard InChI is InChI=1S/C27H33FN4O3/c28-21-11-13-24(25(18-21)32(34)35)30-14-16-31(17-15-30)26(27(33)20-7-2-1-3-8-20)23-12-10-19-6-4-5-9-22(19)29-23/h4-6,9,11,13,18,20,23,26,29H,1-3,7-8,10,12,14-17H2. The van der Waals surface area contributed by atoms with Crippen LogP contribution in [0, 0.1) is 21.8 Å². The lowest BCUT2D eigenvalue weighted by atomic mass is 9.80. The van der Waals surface area contributed by atoms with Gasteiger partial charge in [0.1, 0.15) is 11.5 Å². The summed E-state index contributed by atoms with van der Waals surface area (Å²) in [4.78, 5) is 29.1. The summed E-state index contributed by atoms with van der Waals surface area (Å²) in [5.74, 6) is -0.146. The molecule has 186 valence electrons. The van der Waals surface area contributed by atoms with Gasteiger partial charge in [-0.1, -0.05) is 37.5 Å². The molecule has 35 heavy (non-hydrogen) atoms. The number of halogens is 1. The molecule has 5 rings (SSSR count). The summed E-state index contributed by atoms with van der Waals surface area (Å²) in [6, 6.07) is 11.9. The van der Waals surface area contributed by atoms with Gasteiger partial charge in [-0.15, -0.1) is 0 Å². The molecule has 2 fully saturated rings. The number of piperazine rings is 1. The summed E-state index contributed by atoms with van der Waals surface area (Å²) in [7, 11) is 0. The number of nitrogens with one attached hydrogen (secondary N) is 1. The minimum absolute atomic E-state index is 0.0473. The third kappa shape index (κ3) is 5.03. The summed E-state index contributed by atoms with van der Waals surface area (Å²) in [6.45, 7) is 2.39. The Labute approximate surface area is 205 Å². The first-order valence-corrected chi connectivity index (χ1v) is 12.8. The summed E-state index contributed by atoms with van der Waals surface area (Å²) in [5.41, 5.74) is 2.64. The number of hydrogen-bond acceptors (Lipinski definition) is 6. The Morgan fingerprint density at radius 3 is 2.51 bits per heavy atom. The number of rotatable bonds is 6. The number of anilines is 2. The van der Waals surface area contributed by atoms with E-state index in [4.69, 9.17) is 0 Å². The van der Waals surface area contributed by atoms with Crippen molar-refractivity contribution in [1.29, 1.82) is 0 Å². The highest BCUT2D eigenvalue weighted by Crippen LogP contribution is 2.34. The van der Waals surface area contributed by atoms with Crippen molar-refractivity contribution < 1.29 is 14.1 Å². The smallest absolute Gasteiger partial charge is 0.295 e. The zero-order chi connectivity index (χ0) is 24.4. The average molecular weight is 481 g/mol. The highest BCUT2D eigenvalue weighted by Gasteiger charge is 2.40. The van der Waals surface area contributed by atoms with Crippen LogP contribution in [0.5, 0.6) is 0 Å². The summed E-state index contributed by atoms with van der Waals surface area (Å²) in [5, 5.41) is 15.2. The topological polar surface area (TPSA) is 78.7 Å². The highest BCUT2D eigenvalue weighted by molar-refractivity contribution is 5.88. The van der Waals surface area contributed by atoms with Crippen molar-refractivity contribution in [2.45, 2.75) is 57.0 Å². The Morgan fingerprint density at radius 2 is 1.77 bits per heavy atom. The molecule has 0 bridgehead atoms. The predicted molar refractivity (Wildman–Crippen MR) is 134 cm³/mol. The van der Waals surface area contributed by atoms with Gasteiger partial charge in [-0.2, -0.15) is 0 Å². The molecule has 2 aromatic carbocycles. The Balaban J connectivity index is 1.35. The molecule has 0 radical (unpaired) electrons. The SMILES string of the molecule is O=C(C1CCCCC1)C(C1CCc2ccccc2N1)N1CCN(c2ccc(F)cc2[N+](=O)[O-])CC1. The van der Waals surface area contributed by atoms with Crippen molar-refractivity contribution in [2.24, 2.45) is 5.92 Å². The number of hydrogen-bond donors (Lipinski definition) is 1. The number of benzene rings is 2. The quantitative estimate of drug-likeness (QED) is 0.473. The Morgan fingerprint density at radius 1 is 1.03 bits per heavy atom. The highest BCUT2D eigenvalue weighted by atomic mass is 19.1. The molecular formula is C27H33FN4O3. The minimum atomic E-state index is -0.610. The van der Waals surface area contributed by atoms with E-state index in [1.165, 1.54) is 24.1 Å². The van der Waals surface area contributed by atoms with Crippen LogP contribution in [0.4, 0.5) is 21.5 Å².